The summed E-state index contributed by atoms with van der Waals surface area (Å²) >= 11 is 0. The summed E-state index contributed by atoms with van der Waals surface area (Å²) in [5.41, 5.74) is 1.31. The van der Waals surface area contributed by atoms with Crippen LogP contribution in [0.5, 0.6) is 11.5 Å². The van der Waals surface area contributed by atoms with Crippen molar-refractivity contribution >= 4 is 23.6 Å². The van der Waals surface area contributed by atoms with E-state index in [0.717, 1.165) is 5.56 Å². The first kappa shape index (κ1) is 18.1. The number of rotatable bonds is 5. The smallest absolute Gasteiger partial charge is 0.363 e. The molecule has 0 atom stereocenters. The highest BCUT2D eigenvalue weighted by molar-refractivity contribution is 6.14. The van der Waals surface area contributed by atoms with Crippen LogP contribution in [0.1, 0.15) is 16.7 Å². The van der Waals surface area contributed by atoms with Crippen molar-refractivity contribution in [1.82, 2.24) is 0 Å². The molecule has 2 aromatic rings. The molecule has 0 radical (unpaired) electrons. The van der Waals surface area contributed by atoms with Crippen LogP contribution in [0.3, 0.4) is 0 Å². The van der Waals surface area contributed by atoms with Gasteiger partial charge in [0.2, 0.25) is 5.90 Å². The van der Waals surface area contributed by atoms with Crippen LogP contribution < -0.4 is 9.47 Å². The van der Waals surface area contributed by atoms with Gasteiger partial charge in [-0.15, -0.1) is 0 Å². The van der Waals surface area contributed by atoms with E-state index < -0.39 is 10.9 Å². The molecule has 0 aromatic heterocycles. The van der Waals surface area contributed by atoms with Crippen molar-refractivity contribution in [3.63, 3.8) is 0 Å². The Kier molecular flexibility index (Phi) is 4.89. The first-order chi connectivity index (χ1) is 12.9. The number of nitro benzene ring substituents is 1. The van der Waals surface area contributed by atoms with Crippen molar-refractivity contribution in [1.29, 1.82) is 0 Å². The molecule has 0 spiro atoms. The minimum absolute atomic E-state index is 0.00681. The van der Waals surface area contributed by atoms with E-state index in [-0.39, 0.29) is 22.8 Å². The zero-order valence-corrected chi connectivity index (χ0v) is 14.9. The quantitative estimate of drug-likeness (QED) is 0.347. The molecule has 0 saturated carbocycles. The lowest BCUT2D eigenvalue weighted by Gasteiger charge is -2.07. The highest BCUT2D eigenvalue weighted by Gasteiger charge is 2.29. The molecule has 0 aliphatic carbocycles. The van der Waals surface area contributed by atoms with Gasteiger partial charge in [0.15, 0.2) is 5.70 Å². The number of aryl methyl sites for hydroxylation is 1. The third kappa shape index (κ3) is 3.64. The summed E-state index contributed by atoms with van der Waals surface area (Å²) in [6.07, 6.45) is 1.48. The Bertz CT molecular complexity index is 994. The van der Waals surface area contributed by atoms with Crippen LogP contribution >= 0.6 is 0 Å². The number of nitrogens with zero attached hydrogens (tertiary/aromatic N) is 2. The maximum atomic E-state index is 12.2. The van der Waals surface area contributed by atoms with Gasteiger partial charge in [-0.2, -0.15) is 0 Å². The highest BCUT2D eigenvalue weighted by Crippen LogP contribution is 2.30. The summed E-state index contributed by atoms with van der Waals surface area (Å²) in [4.78, 5) is 27.1. The molecular weight excluding hydrogens is 352 g/mol. The summed E-state index contributed by atoms with van der Waals surface area (Å²) in [6, 6.07) is 9.62. The molecule has 3 rings (SSSR count). The van der Waals surface area contributed by atoms with E-state index in [0.29, 0.717) is 17.1 Å². The first-order valence-electron chi connectivity index (χ1n) is 7.93. The van der Waals surface area contributed by atoms with Gasteiger partial charge in [0.05, 0.1) is 19.1 Å². The van der Waals surface area contributed by atoms with Gasteiger partial charge < -0.3 is 14.2 Å². The maximum Gasteiger partial charge on any atom is 0.363 e. The lowest BCUT2D eigenvalue weighted by atomic mass is 10.1. The molecule has 2 aromatic carbocycles. The molecule has 0 N–H and O–H groups in total. The second-order valence-corrected chi connectivity index (χ2v) is 5.72. The lowest BCUT2D eigenvalue weighted by Crippen LogP contribution is -2.08. The number of cyclic esters (lactones) is 1. The topological polar surface area (TPSA) is 100 Å². The number of hydrogen-bond acceptors (Lipinski definition) is 7. The molecule has 0 amide bonds. The third-order valence-corrected chi connectivity index (χ3v) is 3.93. The fourth-order valence-corrected chi connectivity index (χ4v) is 2.60. The van der Waals surface area contributed by atoms with Gasteiger partial charge in [0.25, 0.3) is 5.69 Å². The number of methoxy groups -OCH3 is 2. The van der Waals surface area contributed by atoms with E-state index >= 15 is 0 Å². The van der Waals surface area contributed by atoms with Crippen LogP contribution in [-0.2, 0) is 9.53 Å². The molecule has 0 saturated heterocycles. The molecule has 0 unspecified atom stereocenters. The molecule has 27 heavy (non-hydrogen) atoms. The van der Waals surface area contributed by atoms with E-state index in [1.807, 2.05) is 0 Å². The van der Waals surface area contributed by atoms with E-state index in [1.165, 1.54) is 26.4 Å². The Morgan fingerprint density at radius 1 is 1.15 bits per heavy atom. The van der Waals surface area contributed by atoms with Crippen molar-refractivity contribution in [3.05, 3.63) is 68.9 Å². The number of ether oxygens (including phenoxy) is 3. The minimum atomic E-state index is -0.703. The largest absolute Gasteiger partial charge is 0.497 e. The SMILES string of the molecule is COc1ccc(OC)c(/C=C2\N=C(c3cc(C)ccc3[N+](=O)[O-])OC2=O)c1. The number of esters is 1. The number of aliphatic imine (C=N–C) groups is 1. The number of benzene rings is 2. The fraction of sp³-hybridized carbons (Fsp3) is 0.158. The Balaban J connectivity index is 2.07. The van der Waals surface area contributed by atoms with Crippen molar-refractivity contribution in [2.24, 2.45) is 4.99 Å². The van der Waals surface area contributed by atoms with Crippen LogP contribution in [-0.4, -0.2) is 31.0 Å². The summed E-state index contributed by atoms with van der Waals surface area (Å²) in [5, 5.41) is 11.3. The van der Waals surface area contributed by atoms with Crippen LogP contribution in [0.25, 0.3) is 6.08 Å². The molecule has 1 heterocycles. The molecule has 8 nitrogen and oxygen atoms in total. The minimum Gasteiger partial charge on any atom is -0.497 e. The predicted octanol–water partition coefficient (Wildman–Crippen LogP) is 3.26. The van der Waals surface area contributed by atoms with Gasteiger partial charge in [0, 0.05) is 11.6 Å². The van der Waals surface area contributed by atoms with E-state index in [9.17, 15) is 14.9 Å². The van der Waals surface area contributed by atoms with Gasteiger partial charge in [0.1, 0.15) is 17.1 Å². The standard InChI is InChI=1S/C19H16N2O6/c1-11-4-6-16(21(23)24)14(8-11)18-20-15(19(22)27-18)10-12-9-13(25-2)5-7-17(12)26-3/h4-10H,1-3H3/b15-10-. The number of carbonyl (C=O) groups excluding carboxylic acids is 1. The normalized spacial score (nSPS) is 14.7. The van der Waals surface area contributed by atoms with Gasteiger partial charge in [-0.1, -0.05) is 6.07 Å². The molecule has 1 aliphatic heterocycles. The number of hydrogen-bond donors (Lipinski definition) is 0. The second kappa shape index (κ2) is 7.28. The Hall–Kier alpha value is -3.68. The van der Waals surface area contributed by atoms with Crippen LogP contribution in [0.15, 0.2) is 47.1 Å². The third-order valence-electron chi connectivity index (χ3n) is 3.93. The van der Waals surface area contributed by atoms with Crippen LogP contribution in [0.4, 0.5) is 5.69 Å². The van der Waals surface area contributed by atoms with E-state index in [2.05, 4.69) is 4.99 Å². The van der Waals surface area contributed by atoms with Crippen molar-refractivity contribution in [2.75, 3.05) is 14.2 Å². The second-order valence-electron chi connectivity index (χ2n) is 5.72. The van der Waals surface area contributed by atoms with Gasteiger partial charge in [-0.25, -0.2) is 9.79 Å². The summed E-state index contributed by atoms with van der Waals surface area (Å²) < 4.78 is 15.6. The van der Waals surface area contributed by atoms with Gasteiger partial charge >= 0.3 is 5.97 Å². The zero-order valence-electron chi connectivity index (χ0n) is 14.9. The number of nitro groups is 1. The monoisotopic (exact) mass is 368 g/mol. The summed E-state index contributed by atoms with van der Waals surface area (Å²) in [6.45, 7) is 1.78. The van der Waals surface area contributed by atoms with E-state index in [4.69, 9.17) is 14.2 Å². The Labute approximate surface area is 154 Å². The van der Waals surface area contributed by atoms with Crippen LogP contribution in [0, 0.1) is 17.0 Å². The summed E-state index contributed by atoms with van der Waals surface area (Å²) in [5.74, 6) is 0.281. The average molecular weight is 368 g/mol. The molecular formula is C19H16N2O6. The Morgan fingerprint density at radius 3 is 2.59 bits per heavy atom. The van der Waals surface area contributed by atoms with Crippen molar-refractivity contribution in [3.8, 4) is 11.5 Å². The maximum absolute atomic E-state index is 12.2. The first-order valence-corrected chi connectivity index (χ1v) is 7.93. The predicted molar refractivity (Wildman–Crippen MR) is 98.0 cm³/mol. The summed E-state index contributed by atoms with van der Waals surface area (Å²) in [7, 11) is 3.03. The van der Waals surface area contributed by atoms with Crippen LogP contribution in [0.2, 0.25) is 0 Å². The van der Waals surface area contributed by atoms with Crippen molar-refractivity contribution < 1.29 is 23.9 Å². The zero-order chi connectivity index (χ0) is 19.6. The molecule has 0 fully saturated rings. The Morgan fingerprint density at radius 2 is 1.93 bits per heavy atom. The lowest BCUT2D eigenvalue weighted by molar-refractivity contribution is -0.385. The van der Waals surface area contributed by atoms with Gasteiger partial charge in [-0.3, -0.25) is 10.1 Å². The highest BCUT2D eigenvalue weighted by atomic mass is 16.6. The molecule has 0 bridgehead atoms. The van der Waals surface area contributed by atoms with E-state index in [1.54, 1.807) is 37.3 Å². The average Bonchev–Trinajstić information content (AvgIpc) is 3.01. The molecule has 138 valence electrons. The van der Waals surface area contributed by atoms with Crippen molar-refractivity contribution in [2.45, 2.75) is 6.92 Å². The van der Waals surface area contributed by atoms with Gasteiger partial charge in [-0.05, 0) is 42.8 Å². The molecule has 1 aliphatic rings. The molecule has 8 heteroatoms. The number of carbonyl (C=O) groups is 1. The fourth-order valence-electron chi connectivity index (χ4n) is 2.60.